The van der Waals surface area contributed by atoms with E-state index in [1.54, 1.807) is 18.9 Å². The monoisotopic (exact) mass is 460 g/mol. The Morgan fingerprint density at radius 3 is 2.67 bits per heavy atom. The molecule has 3 rings (SSSR count). The maximum Gasteiger partial charge on any atom is 0.242 e. The third-order valence-corrected chi connectivity index (χ3v) is 4.68. The second-order valence-electron chi connectivity index (χ2n) is 6.96. The zero-order chi connectivity index (χ0) is 20.1. The highest BCUT2D eigenvalue weighted by Crippen LogP contribution is 2.28. The van der Waals surface area contributed by atoms with Crippen molar-refractivity contribution in [3.63, 3.8) is 0 Å². The van der Waals surface area contributed by atoms with Gasteiger partial charge in [0.25, 0.3) is 0 Å². The van der Waals surface area contributed by atoms with Gasteiger partial charge in [-0.2, -0.15) is 5.10 Å². The molecule has 2 heterocycles. The Balaban J connectivity index is 0.00000225. The summed E-state index contributed by atoms with van der Waals surface area (Å²) in [6.07, 6.45) is 1.44. The van der Waals surface area contributed by atoms with Crippen LogP contribution in [0, 0.1) is 0 Å². The lowest BCUT2D eigenvalue weighted by molar-refractivity contribution is -0.122. The molecule has 1 amide bonds. The van der Waals surface area contributed by atoms with Gasteiger partial charge in [-0.1, -0.05) is 6.07 Å². The number of nitrogens with one attached hydrogen (secondary N) is 2. The van der Waals surface area contributed by atoms with Gasteiger partial charge in [-0.25, -0.2) is 9.67 Å². The van der Waals surface area contributed by atoms with Gasteiger partial charge in [0.15, 0.2) is 17.3 Å². The zero-order valence-electron chi connectivity index (χ0n) is 17.4. The van der Waals surface area contributed by atoms with E-state index in [1.165, 1.54) is 0 Å². The van der Waals surface area contributed by atoms with Crippen molar-refractivity contribution in [1.29, 1.82) is 0 Å². The minimum Gasteiger partial charge on any atom is -0.493 e. The molecule has 0 bridgehead atoms. The molecule has 0 unspecified atom stereocenters. The van der Waals surface area contributed by atoms with Crippen molar-refractivity contribution < 1.29 is 14.3 Å². The summed E-state index contributed by atoms with van der Waals surface area (Å²) in [6, 6.07) is 5.52. The van der Waals surface area contributed by atoms with Crippen LogP contribution >= 0.6 is 24.8 Å². The van der Waals surface area contributed by atoms with Gasteiger partial charge in [-0.05, 0) is 37.6 Å². The predicted molar refractivity (Wildman–Crippen MR) is 119 cm³/mol. The van der Waals surface area contributed by atoms with E-state index < -0.39 is 0 Å². The van der Waals surface area contributed by atoms with Gasteiger partial charge >= 0.3 is 0 Å². The zero-order valence-corrected chi connectivity index (χ0v) is 19.0. The molecule has 9 nitrogen and oxygen atoms in total. The highest BCUT2D eigenvalue weighted by Gasteiger charge is 2.20. The predicted octanol–water partition coefficient (Wildman–Crippen LogP) is 1.23. The summed E-state index contributed by atoms with van der Waals surface area (Å²) in [5.41, 5.74) is 7.02. The second kappa shape index (κ2) is 11.9. The average Bonchev–Trinajstić information content (AvgIpc) is 3.31. The van der Waals surface area contributed by atoms with Gasteiger partial charge in [-0.3, -0.25) is 4.79 Å². The fourth-order valence-electron chi connectivity index (χ4n) is 3.29. The van der Waals surface area contributed by atoms with Crippen molar-refractivity contribution in [2.45, 2.75) is 38.4 Å². The summed E-state index contributed by atoms with van der Waals surface area (Å²) in [5.74, 6) is 2.43. The van der Waals surface area contributed by atoms with Crippen molar-refractivity contribution in [3.05, 3.63) is 35.4 Å². The SMILES string of the molecule is COc1ccc(Cc2nc([C@@H](C)N)n(CC(=O)N[C@@H]3CCNC3)n2)cc1OC.Cl.Cl. The fourth-order valence-corrected chi connectivity index (χ4v) is 3.29. The van der Waals surface area contributed by atoms with Crippen LogP contribution < -0.4 is 25.8 Å². The van der Waals surface area contributed by atoms with Crippen molar-refractivity contribution in [3.8, 4) is 11.5 Å². The van der Waals surface area contributed by atoms with E-state index in [-0.39, 0.29) is 49.3 Å². The van der Waals surface area contributed by atoms with E-state index in [2.05, 4.69) is 20.7 Å². The van der Waals surface area contributed by atoms with E-state index in [4.69, 9.17) is 15.2 Å². The molecule has 2 atom stereocenters. The number of carbonyl (C=O) groups is 1. The summed E-state index contributed by atoms with van der Waals surface area (Å²) >= 11 is 0. The molecular formula is C19H30Cl2N6O3. The molecule has 0 aliphatic carbocycles. The lowest BCUT2D eigenvalue weighted by Gasteiger charge is -2.12. The number of hydrogen-bond donors (Lipinski definition) is 3. The second-order valence-corrected chi connectivity index (χ2v) is 6.96. The van der Waals surface area contributed by atoms with Gasteiger partial charge in [0.05, 0.1) is 20.3 Å². The number of amides is 1. The molecule has 2 aromatic rings. The number of nitrogens with zero attached hydrogens (tertiary/aromatic N) is 3. The summed E-state index contributed by atoms with van der Waals surface area (Å²) in [4.78, 5) is 16.9. The molecule has 168 valence electrons. The van der Waals surface area contributed by atoms with Crippen molar-refractivity contribution in [2.24, 2.45) is 5.73 Å². The highest BCUT2D eigenvalue weighted by molar-refractivity contribution is 5.85. The van der Waals surface area contributed by atoms with Gasteiger partial charge in [-0.15, -0.1) is 24.8 Å². The molecule has 11 heteroatoms. The highest BCUT2D eigenvalue weighted by atomic mass is 35.5. The quantitative estimate of drug-likeness (QED) is 0.542. The number of carbonyl (C=O) groups excluding carboxylic acids is 1. The summed E-state index contributed by atoms with van der Waals surface area (Å²) in [7, 11) is 3.20. The minimum absolute atomic E-state index is 0. The van der Waals surface area contributed by atoms with Crippen LogP contribution in [-0.2, 0) is 17.8 Å². The molecule has 1 aliphatic heterocycles. The molecule has 0 radical (unpaired) electrons. The normalized spacial score (nSPS) is 16.2. The van der Waals surface area contributed by atoms with Crippen LogP contribution in [0.2, 0.25) is 0 Å². The first-order valence-electron chi connectivity index (χ1n) is 9.40. The van der Waals surface area contributed by atoms with Gasteiger partial charge in [0.1, 0.15) is 12.4 Å². The van der Waals surface area contributed by atoms with Crippen molar-refractivity contribution in [2.75, 3.05) is 27.3 Å². The first-order chi connectivity index (χ1) is 13.5. The molecule has 4 N–H and O–H groups in total. The largest absolute Gasteiger partial charge is 0.493 e. The smallest absolute Gasteiger partial charge is 0.242 e. The molecule has 1 saturated heterocycles. The van der Waals surface area contributed by atoms with Crippen molar-refractivity contribution >= 4 is 30.7 Å². The van der Waals surface area contributed by atoms with Gasteiger partial charge in [0, 0.05) is 19.0 Å². The molecule has 1 aliphatic rings. The third-order valence-electron chi connectivity index (χ3n) is 4.68. The molecule has 1 fully saturated rings. The Morgan fingerprint density at radius 2 is 2.07 bits per heavy atom. The molecule has 1 aromatic heterocycles. The Morgan fingerprint density at radius 1 is 1.33 bits per heavy atom. The number of aromatic nitrogens is 3. The van der Waals surface area contributed by atoms with Crippen LogP contribution in [-0.4, -0.2) is 54.0 Å². The first-order valence-corrected chi connectivity index (χ1v) is 9.40. The number of nitrogens with two attached hydrogens (primary N) is 1. The lowest BCUT2D eigenvalue weighted by atomic mass is 10.1. The summed E-state index contributed by atoms with van der Waals surface area (Å²) in [6.45, 7) is 3.66. The first kappa shape index (κ1) is 26.0. The number of ether oxygens (including phenoxy) is 2. The number of benzene rings is 1. The number of halogens is 2. The Kier molecular flexibility index (Phi) is 10.3. The van der Waals surface area contributed by atoms with Crippen LogP contribution in [0.4, 0.5) is 0 Å². The van der Waals surface area contributed by atoms with Gasteiger partial charge < -0.3 is 25.8 Å². The Bertz CT molecular complexity index is 825. The molecule has 0 spiro atoms. The fraction of sp³-hybridized carbons (Fsp3) is 0.526. The van der Waals surface area contributed by atoms with Gasteiger partial charge in [0.2, 0.25) is 5.91 Å². The van der Waals surface area contributed by atoms with Crippen molar-refractivity contribution in [1.82, 2.24) is 25.4 Å². The molecule has 1 aromatic carbocycles. The van der Waals surface area contributed by atoms with Crippen LogP contribution in [0.25, 0.3) is 0 Å². The van der Waals surface area contributed by atoms with Crippen LogP contribution in [0.5, 0.6) is 11.5 Å². The minimum atomic E-state index is -0.326. The Labute approximate surface area is 188 Å². The van der Waals surface area contributed by atoms with E-state index in [0.717, 1.165) is 25.1 Å². The molecule has 30 heavy (non-hydrogen) atoms. The Hall–Kier alpha value is -2.07. The summed E-state index contributed by atoms with van der Waals surface area (Å²) < 4.78 is 12.2. The molecular weight excluding hydrogens is 431 g/mol. The standard InChI is InChI=1S/C19H28N6O3.2ClH/c1-12(20)19-23-17(9-13-4-5-15(27-2)16(8-13)28-3)24-25(19)11-18(26)22-14-6-7-21-10-14;;/h4-5,8,12,14,21H,6-7,9-11,20H2,1-3H3,(H,22,26);2*1H/t12-,14-;;/m1../s1. The number of hydrogen-bond acceptors (Lipinski definition) is 7. The van der Waals surface area contributed by atoms with E-state index >= 15 is 0 Å². The average molecular weight is 461 g/mol. The number of rotatable bonds is 8. The topological polar surface area (TPSA) is 116 Å². The van der Waals surface area contributed by atoms with Crippen LogP contribution in [0.3, 0.4) is 0 Å². The maximum absolute atomic E-state index is 12.4. The third kappa shape index (κ3) is 6.46. The summed E-state index contributed by atoms with van der Waals surface area (Å²) in [5, 5.41) is 10.8. The lowest BCUT2D eigenvalue weighted by Crippen LogP contribution is -2.38. The molecule has 0 saturated carbocycles. The maximum atomic E-state index is 12.4. The number of methoxy groups -OCH3 is 2. The van der Waals surface area contributed by atoms with Crippen LogP contribution in [0.1, 0.15) is 36.6 Å². The van der Waals surface area contributed by atoms with Crippen LogP contribution in [0.15, 0.2) is 18.2 Å². The van der Waals surface area contributed by atoms with E-state index in [0.29, 0.717) is 29.6 Å². The van der Waals surface area contributed by atoms with E-state index in [1.807, 2.05) is 25.1 Å². The van der Waals surface area contributed by atoms with E-state index in [9.17, 15) is 4.79 Å².